The molecule has 0 spiro atoms. The Morgan fingerprint density at radius 3 is 2.29 bits per heavy atom. The van der Waals surface area contributed by atoms with Gasteiger partial charge in [0.2, 0.25) is 29.5 Å². The maximum absolute atomic E-state index is 14.2. The van der Waals surface area contributed by atoms with E-state index in [1.807, 2.05) is 44.2 Å². The molecule has 4 rings (SSSR count). The molecule has 15 nitrogen and oxygen atoms in total. The Morgan fingerprint density at radius 2 is 1.63 bits per heavy atom. The molecule has 5 amide bonds. The molecular formula is C37H56N8O7. The van der Waals surface area contributed by atoms with Gasteiger partial charge >= 0.3 is 5.97 Å². The fourth-order valence-electron chi connectivity index (χ4n) is 7.63. The Bertz CT molecular complexity index is 1440. The van der Waals surface area contributed by atoms with Crippen molar-refractivity contribution in [2.24, 2.45) is 34.2 Å². The van der Waals surface area contributed by atoms with Gasteiger partial charge < -0.3 is 42.7 Å². The number of amides is 5. The largest absolute Gasteiger partial charge is 0.481 e. The summed E-state index contributed by atoms with van der Waals surface area (Å²) in [6, 6.07) is 5.35. The lowest BCUT2D eigenvalue weighted by Crippen LogP contribution is -2.61. The monoisotopic (exact) mass is 724 g/mol. The molecule has 0 aromatic heterocycles. The van der Waals surface area contributed by atoms with Crippen LogP contribution >= 0.6 is 0 Å². The molecule has 1 unspecified atom stereocenters. The quantitative estimate of drug-likeness (QED) is 0.0687. The van der Waals surface area contributed by atoms with Crippen molar-refractivity contribution < 1.29 is 33.9 Å². The summed E-state index contributed by atoms with van der Waals surface area (Å²) in [5, 5.41) is 20.5. The summed E-state index contributed by atoms with van der Waals surface area (Å²) in [5.74, 6) is -3.89. The summed E-state index contributed by atoms with van der Waals surface area (Å²) in [6.07, 6.45) is 6.40. The lowest BCUT2D eigenvalue weighted by atomic mass is 9.86. The Morgan fingerprint density at radius 1 is 0.923 bits per heavy atom. The van der Waals surface area contributed by atoms with Gasteiger partial charge in [-0.25, -0.2) is 0 Å². The summed E-state index contributed by atoms with van der Waals surface area (Å²) < 4.78 is 0. The molecule has 9 N–H and O–H groups in total. The third-order valence-corrected chi connectivity index (χ3v) is 10.3. The van der Waals surface area contributed by atoms with Crippen molar-refractivity contribution in [3.8, 4) is 0 Å². The molecule has 0 bridgehead atoms. The zero-order valence-electron chi connectivity index (χ0n) is 30.4. The second kappa shape index (κ2) is 19.2. The number of aliphatic carboxylic acids is 1. The van der Waals surface area contributed by atoms with E-state index in [1.54, 1.807) is 4.90 Å². The lowest BCUT2D eigenvalue weighted by molar-refractivity contribution is -0.147. The fraction of sp³-hybridized carbons (Fsp3) is 0.649. The van der Waals surface area contributed by atoms with Gasteiger partial charge in [-0.1, -0.05) is 63.4 Å². The molecule has 0 radical (unpaired) electrons. The second-order valence-electron chi connectivity index (χ2n) is 14.8. The van der Waals surface area contributed by atoms with Crippen LogP contribution < -0.4 is 32.7 Å². The molecule has 15 heteroatoms. The molecule has 52 heavy (non-hydrogen) atoms. The topological polar surface area (TPSA) is 238 Å². The van der Waals surface area contributed by atoms with Gasteiger partial charge in [-0.15, -0.1) is 0 Å². The van der Waals surface area contributed by atoms with Gasteiger partial charge in [-0.2, -0.15) is 0 Å². The number of nitrogens with two attached hydrogens (primary N) is 2. The van der Waals surface area contributed by atoms with Crippen LogP contribution in [-0.4, -0.2) is 94.8 Å². The van der Waals surface area contributed by atoms with Crippen LogP contribution in [0.3, 0.4) is 0 Å². The van der Waals surface area contributed by atoms with Crippen LogP contribution in [0.1, 0.15) is 90.0 Å². The van der Waals surface area contributed by atoms with Crippen molar-refractivity contribution in [2.75, 3.05) is 13.1 Å². The van der Waals surface area contributed by atoms with Crippen LogP contribution in [0.4, 0.5) is 0 Å². The van der Waals surface area contributed by atoms with Gasteiger partial charge in [0.05, 0.1) is 6.42 Å². The van der Waals surface area contributed by atoms with E-state index < -0.39 is 54.3 Å². The number of carbonyl (C=O) groups excluding carboxylic acids is 5. The van der Waals surface area contributed by atoms with E-state index in [0.29, 0.717) is 25.7 Å². The minimum atomic E-state index is -1.39. The standard InChI is InChI=1S/C37H56N8O7/c1-22(2)21-41-33(49)28(20-31(46)47)44-34(50)26(14-9-17-40-37(38)39)42-35(51)30-19-25(18-23-10-5-3-6-11-23)29-16-15-27(36(52)45(29)30)43-32(48)24-12-7-4-8-13-24/h3,5-6,10-11,22,24-30H,4,7-9,12-21H2,1-2H3,(H,41,49)(H,42,51)(H,43,48)(H,44,50)(H,46,47)(H4,38,39,40)/t25-,26+,27?,28+,29+,30+/m1/s1. The summed E-state index contributed by atoms with van der Waals surface area (Å²) in [4.78, 5) is 85.4. The number of carboxylic acid groups (broad SMARTS) is 1. The zero-order chi connectivity index (χ0) is 37.8. The van der Waals surface area contributed by atoms with Gasteiger partial charge in [-0.05, 0) is 68.8 Å². The van der Waals surface area contributed by atoms with E-state index in [-0.39, 0.29) is 67.5 Å². The minimum absolute atomic E-state index is 0.0455. The van der Waals surface area contributed by atoms with E-state index in [9.17, 15) is 33.9 Å². The molecule has 1 saturated carbocycles. The van der Waals surface area contributed by atoms with Gasteiger partial charge in [0, 0.05) is 25.0 Å². The number of piperidine rings is 1. The van der Waals surface area contributed by atoms with E-state index in [4.69, 9.17) is 11.5 Å². The predicted molar refractivity (Wildman–Crippen MR) is 194 cm³/mol. The second-order valence-corrected chi connectivity index (χ2v) is 14.8. The lowest BCUT2D eigenvalue weighted by Gasteiger charge is -2.39. The van der Waals surface area contributed by atoms with Crippen LogP contribution in [-0.2, 0) is 35.2 Å². The number of fused-ring (bicyclic) bond motifs is 1. The molecule has 1 aromatic rings. The highest BCUT2D eigenvalue weighted by atomic mass is 16.4. The number of rotatable bonds is 17. The summed E-state index contributed by atoms with van der Waals surface area (Å²) >= 11 is 0. The Kier molecular flexibility index (Phi) is 14.8. The molecule has 1 aromatic carbocycles. The number of hydrogen-bond donors (Lipinski definition) is 7. The summed E-state index contributed by atoms with van der Waals surface area (Å²) in [6.45, 7) is 4.20. The molecule has 1 aliphatic carbocycles. The highest BCUT2D eigenvalue weighted by Gasteiger charge is 2.51. The number of carbonyl (C=O) groups is 6. The number of guanidine groups is 1. The smallest absolute Gasteiger partial charge is 0.305 e. The SMILES string of the molecule is CC(C)CNC(=O)[C@H](CC(=O)O)NC(=O)[C@H](CCCN=C(N)N)NC(=O)[C@@H]1C[C@@H](Cc2ccccc2)[C@@H]2CCC(NC(=O)C3CCCCC3)C(=O)N12. The van der Waals surface area contributed by atoms with E-state index in [2.05, 4.69) is 26.3 Å². The molecule has 286 valence electrons. The van der Waals surface area contributed by atoms with Crippen molar-refractivity contribution >= 4 is 41.5 Å². The van der Waals surface area contributed by atoms with Crippen molar-refractivity contribution in [1.82, 2.24) is 26.2 Å². The number of nitrogens with one attached hydrogen (secondary N) is 4. The van der Waals surface area contributed by atoms with E-state index in [0.717, 1.165) is 37.7 Å². The first kappa shape index (κ1) is 40.1. The first-order valence-corrected chi connectivity index (χ1v) is 18.7. The minimum Gasteiger partial charge on any atom is -0.481 e. The molecule has 2 saturated heterocycles. The maximum atomic E-state index is 14.2. The number of nitrogens with zero attached hydrogens (tertiary/aromatic N) is 2. The summed E-state index contributed by atoms with van der Waals surface area (Å²) in [7, 11) is 0. The predicted octanol–water partition coefficient (Wildman–Crippen LogP) is 0.944. The van der Waals surface area contributed by atoms with Gasteiger partial charge in [0.25, 0.3) is 0 Å². The highest BCUT2D eigenvalue weighted by Crippen LogP contribution is 2.39. The normalized spacial score (nSPS) is 22.8. The molecule has 2 aliphatic heterocycles. The van der Waals surface area contributed by atoms with Gasteiger partial charge in [0.15, 0.2) is 5.96 Å². The highest BCUT2D eigenvalue weighted by molar-refractivity contribution is 5.97. The Balaban J connectivity index is 1.55. The first-order valence-electron chi connectivity index (χ1n) is 18.7. The number of benzene rings is 1. The third kappa shape index (κ3) is 11.4. The number of aliphatic imine (C=N–C) groups is 1. The van der Waals surface area contributed by atoms with Crippen molar-refractivity contribution in [3.05, 3.63) is 35.9 Å². The Labute approximate surface area is 305 Å². The van der Waals surface area contributed by atoms with Crippen LogP contribution in [0.2, 0.25) is 0 Å². The van der Waals surface area contributed by atoms with Gasteiger partial charge in [0.1, 0.15) is 24.2 Å². The average molecular weight is 725 g/mol. The van der Waals surface area contributed by atoms with Crippen molar-refractivity contribution in [1.29, 1.82) is 0 Å². The van der Waals surface area contributed by atoms with Crippen LogP contribution in [0.5, 0.6) is 0 Å². The molecule has 3 fully saturated rings. The van der Waals surface area contributed by atoms with Crippen molar-refractivity contribution in [2.45, 2.75) is 121 Å². The zero-order valence-corrected chi connectivity index (χ0v) is 30.4. The fourth-order valence-corrected chi connectivity index (χ4v) is 7.63. The van der Waals surface area contributed by atoms with E-state index >= 15 is 0 Å². The maximum Gasteiger partial charge on any atom is 0.305 e. The summed E-state index contributed by atoms with van der Waals surface area (Å²) in [5.41, 5.74) is 12.0. The van der Waals surface area contributed by atoms with Crippen LogP contribution in [0.25, 0.3) is 0 Å². The molecule has 3 aliphatic rings. The van der Waals surface area contributed by atoms with E-state index in [1.165, 1.54) is 0 Å². The van der Waals surface area contributed by atoms with Crippen LogP contribution in [0, 0.1) is 17.8 Å². The first-order chi connectivity index (χ1) is 24.8. The molecular weight excluding hydrogens is 668 g/mol. The molecule has 2 heterocycles. The average Bonchev–Trinajstić information content (AvgIpc) is 3.48. The number of hydrogen-bond acceptors (Lipinski definition) is 7. The number of carboxylic acids is 1. The third-order valence-electron chi connectivity index (χ3n) is 10.3. The van der Waals surface area contributed by atoms with Crippen molar-refractivity contribution in [3.63, 3.8) is 0 Å². The van der Waals surface area contributed by atoms with Crippen LogP contribution in [0.15, 0.2) is 35.3 Å². The van der Waals surface area contributed by atoms with Gasteiger partial charge in [-0.3, -0.25) is 33.8 Å². The Hall–Kier alpha value is -4.69. The molecule has 6 atom stereocenters.